The fourth-order valence-corrected chi connectivity index (χ4v) is 4.31. The summed E-state index contributed by atoms with van der Waals surface area (Å²) in [5, 5.41) is 4.02. The van der Waals surface area contributed by atoms with E-state index >= 15 is 0 Å². The van der Waals surface area contributed by atoms with E-state index in [1.807, 2.05) is 49.9 Å². The summed E-state index contributed by atoms with van der Waals surface area (Å²) in [5.74, 6) is 0.927. The zero-order valence-electron chi connectivity index (χ0n) is 20.5. The Morgan fingerprint density at radius 3 is 2.41 bits per heavy atom. The van der Waals surface area contributed by atoms with Gasteiger partial charge in [-0.1, -0.05) is 5.16 Å². The van der Waals surface area contributed by atoms with E-state index in [9.17, 15) is 9.59 Å². The minimum absolute atomic E-state index is 0.0268. The summed E-state index contributed by atoms with van der Waals surface area (Å²) in [6.45, 7) is 9.93. The number of rotatable bonds is 5. The Labute approximate surface area is 200 Å². The fraction of sp³-hybridized carbons (Fsp3) is 0.600. The first-order valence-electron chi connectivity index (χ1n) is 12.0. The van der Waals surface area contributed by atoms with Crippen LogP contribution in [0.2, 0.25) is 0 Å². The second-order valence-corrected chi connectivity index (χ2v) is 10.1. The van der Waals surface area contributed by atoms with Crippen molar-refractivity contribution in [2.24, 2.45) is 0 Å². The van der Waals surface area contributed by atoms with Gasteiger partial charge in [0.05, 0.1) is 6.10 Å². The summed E-state index contributed by atoms with van der Waals surface area (Å²) in [7, 11) is 0. The van der Waals surface area contributed by atoms with E-state index in [0.29, 0.717) is 30.4 Å². The molecule has 0 aliphatic carbocycles. The lowest BCUT2D eigenvalue weighted by Crippen LogP contribution is -2.43. The Hall–Kier alpha value is -2.94. The Balaban J connectivity index is 1.26. The van der Waals surface area contributed by atoms with E-state index in [2.05, 4.69) is 17.1 Å². The fourth-order valence-electron chi connectivity index (χ4n) is 4.31. The maximum atomic E-state index is 12.7. The molecule has 0 N–H and O–H groups in total. The normalized spacial score (nSPS) is 19.5. The first-order chi connectivity index (χ1) is 16.2. The molecule has 2 fully saturated rings. The van der Waals surface area contributed by atoms with E-state index in [4.69, 9.17) is 14.0 Å². The van der Waals surface area contributed by atoms with Crippen LogP contribution in [-0.4, -0.2) is 69.3 Å². The number of hydrogen-bond acceptors (Lipinski definition) is 7. The monoisotopic (exact) mass is 470 g/mol. The van der Waals surface area contributed by atoms with Crippen molar-refractivity contribution in [2.45, 2.75) is 77.7 Å². The van der Waals surface area contributed by atoms with Gasteiger partial charge in [0.25, 0.3) is 11.8 Å². The van der Waals surface area contributed by atoms with Crippen molar-refractivity contribution in [1.82, 2.24) is 19.9 Å². The summed E-state index contributed by atoms with van der Waals surface area (Å²) >= 11 is 0. The van der Waals surface area contributed by atoms with Gasteiger partial charge in [0.15, 0.2) is 5.82 Å². The molecule has 0 unspecified atom stereocenters. The van der Waals surface area contributed by atoms with Gasteiger partial charge in [0, 0.05) is 36.8 Å². The Morgan fingerprint density at radius 2 is 1.79 bits per heavy atom. The molecule has 184 valence electrons. The van der Waals surface area contributed by atoms with E-state index in [-0.39, 0.29) is 30.8 Å². The lowest BCUT2D eigenvalue weighted by Gasteiger charge is -2.33. The summed E-state index contributed by atoms with van der Waals surface area (Å²) in [6, 6.07) is 7.57. The van der Waals surface area contributed by atoms with Gasteiger partial charge in [-0.15, -0.1) is 0 Å². The van der Waals surface area contributed by atoms with Crippen LogP contribution in [0.3, 0.4) is 0 Å². The molecule has 9 heteroatoms. The molecule has 34 heavy (non-hydrogen) atoms. The molecule has 0 spiro atoms. The highest BCUT2D eigenvalue weighted by Gasteiger charge is 2.28. The van der Waals surface area contributed by atoms with Crippen molar-refractivity contribution in [1.29, 1.82) is 0 Å². The second kappa shape index (κ2) is 10.1. The number of piperidine rings is 1. The highest BCUT2D eigenvalue weighted by molar-refractivity contribution is 5.95. The van der Waals surface area contributed by atoms with Crippen molar-refractivity contribution in [3.8, 4) is 11.5 Å². The van der Waals surface area contributed by atoms with Crippen molar-refractivity contribution < 1.29 is 23.6 Å². The summed E-state index contributed by atoms with van der Waals surface area (Å²) in [5.41, 5.74) is 0.928. The van der Waals surface area contributed by atoms with E-state index in [1.54, 1.807) is 4.90 Å². The molecule has 1 aromatic heterocycles. The summed E-state index contributed by atoms with van der Waals surface area (Å²) < 4.78 is 16.8. The minimum atomic E-state index is -0.497. The molecule has 2 aromatic rings. The third-order valence-corrected chi connectivity index (χ3v) is 6.20. The summed E-state index contributed by atoms with van der Waals surface area (Å²) in [4.78, 5) is 33.0. The maximum Gasteiger partial charge on any atom is 0.410 e. The van der Waals surface area contributed by atoms with Gasteiger partial charge >= 0.3 is 6.09 Å². The quantitative estimate of drug-likeness (QED) is 0.643. The van der Waals surface area contributed by atoms with Crippen LogP contribution in [0, 0.1) is 0 Å². The van der Waals surface area contributed by atoms with Crippen molar-refractivity contribution in [3.63, 3.8) is 0 Å². The Morgan fingerprint density at radius 1 is 1.09 bits per heavy atom. The third kappa shape index (κ3) is 5.94. The molecule has 2 saturated heterocycles. The van der Waals surface area contributed by atoms with Crippen molar-refractivity contribution in [3.05, 3.63) is 35.7 Å². The smallest absolute Gasteiger partial charge is 0.410 e. The lowest BCUT2D eigenvalue weighted by atomic mass is 10.1. The van der Waals surface area contributed by atoms with Crippen LogP contribution in [0.4, 0.5) is 4.79 Å². The zero-order chi connectivity index (χ0) is 24.3. The molecule has 9 nitrogen and oxygen atoms in total. The molecule has 0 bridgehead atoms. The van der Waals surface area contributed by atoms with Crippen molar-refractivity contribution in [2.75, 3.05) is 19.6 Å². The maximum absolute atomic E-state index is 12.7. The van der Waals surface area contributed by atoms with Gasteiger partial charge < -0.3 is 23.8 Å². The molecule has 2 aliphatic heterocycles. The van der Waals surface area contributed by atoms with Crippen LogP contribution in [0.25, 0.3) is 11.5 Å². The molecule has 2 amide bonds. The van der Waals surface area contributed by atoms with Crippen molar-refractivity contribution >= 4 is 12.0 Å². The van der Waals surface area contributed by atoms with Gasteiger partial charge in [-0.05, 0) is 77.6 Å². The van der Waals surface area contributed by atoms with Crippen LogP contribution in [-0.2, 0) is 16.1 Å². The number of hydrogen-bond donors (Lipinski definition) is 0. The van der Waals surface area contributed by atoms with Crippen LogP contribution < -0.4 is 0 Å². The van der Waals surface area contributed by atoms with Crippen LogP contribution in [0.5, 0.6) is 0 Å². The molecular weight excluding hydrogens is 436 g/mol. The van der Waals surface area contributed by atoms with Gasteiger partial charge in [0.2, 0.25) is 0 Å². The van der Waals surface area contributed by atoms with E-state index in [1.165, 1.54) is 0 Å². The van der Waals surface area contributed by atoms with Gasteiger partial charge in [-0.2, -0.15) is 4.98 Å². The van der Waals surface area contributed by atoms with Gasteiger partial charge in [-0.3, -0.25) is 4.79 Å². The van der Waals surface area contributed by atoms with Crippen LogP contribution >= 0.6 is 0 Å². The third-order valence-electron chi connectivity index (χ3n) is 6.20. The molecule has 4 rings (SSSR count). The number of ether oxygens (including phenoxy) is 2. The molecule has 0 saturated carbocycles. The minimum Gasteiger partial charge on any atom is -0.444 e. The number of likely N-dealkylation sites (tertiary alicyclic amines) is 2. The topological polar surface area (TPSA) is 98.0 Å². The number of carbonyl (C=O) groups excluding carboxylic acids is 2. The number of aromatic nitrogens is 2. The standard InChI is InChI=1S/C25H34N4O5/c1-17-6-5-13-29(17)23(30)19-9-7-18(8-10-19)22-26-21(27-34-22)16-32-20-11-14-28(15-12-20)24(31)33-25(2,3)4/h7-10,17,20H,5-6,11-16H2,1-4H3/t17-/m1/s1. The highest BCUT2D eigenvalue weighted by atomic mass is 16.6. The highest BCUT2D eigenvalue weighted by Crippen LogP contribution is 2.23. The van der Waals surface area contributed by atoms with Gasteiger partial charge in [-0.25, -0.2) is 4.79 Å². The largest absolute Gasteiger partial charge is 0.444 e. The number of benzene rings is 1. The van der Waals surface area contributed by atoms with Crippen LogP contribution in [0.15, 0.2) is 28.8 Å². The number of amides is 2. The molecule has 1 atom stereocenters. The summed E-state index contributed by atoms with van der Waals surface area (Å²) in [6.07, 6.45) is 3.32. The second-order valence-electron chi connectivity index (χ2n) is 10.1. The molecular formula is C25H34N4O5. The average Bonchev–Trinajstić information content (AvgIpc) is 3.45. The average molecular weight is 471 g/mol. The first-order valence-corrected chi connectivity index (χ1v) is 12.0. The molecule has 1 aromatic carbocycles. The molecule has 2 aliphatic rings. The SMILES string of the molecule is C[C@@H]1CCCN1C(=O)c1ccc(-c2nc(COC3CCN(C(=O)OC(C)(C)C)CC3)no2)cc1. The van der Waals surface area contributed by atoms with Gasteiger partial charge in [0.1, 0.15) is 12.2 Å². The van der Waals surface area contributed by atoms with E-state index in [0.717, 1.165) is 37.8 Å². The molecule has 0 radical (unpaired) electrons. The number of carbonyl (C=O) groups is 2. The lowest BCUT2D eigenvalue weighted by molar-refractivity contribution is -0.0190. The Kier molecular flexibility index (Phi) is 7.21. The van der Waals surface area contributed by atoms with E-state index < -0.39 is 5.60 Å². The predicted molar refractivity (Wildman–Crippen MR) is 125 cm³/mol. The molecule has 3 heterocycles. The first kappa shape index (κ1) is 24.2. The van der Waals surface area contributed by atoms with Crippen LogP contribution in [0.1, 0.15) is 69.6 Å². The zero-order valence-corrected chi connectivity index (χ0v) is 20.5. The Bertz CT molecular complexity index is 989. The predicted octanol–water partition coefficient (Wildman–Crippen LogP) is 4.28. The number of nitrogens with zero attached hydrogens (tertiary/aromatic N) is 4.